The van der Waals surface area contributed by atoms with Gasteiger partial charge in [-0.2, -0.15) is 0 Å². The van der Waals surface area contributed by atoms with E-state index in [1.54, 1.807) is 26.0 Å². The largest absolute Gasteiger partial charge is 0.481 e. The lowest BCUT2D eigenvalue weighted by Crippen LogP contribution is -2.45. The van der Waals surface area contributed by atoms with Crippen LogP contribution in [0.4, 0.5) is 10.5 Å². The van der Waals surface area contributed by atoms with Gasteiger partial charge in [0.1, 0.15) is 0 Å². The fourth-order valence-corrected chi connectivity index (χ4v) is 2.39. The number of aliphatic carboxylic acids is 1. The smallest absolute Gasteiger partial charge is 0.319 e. The molecule has 3 N–H and O–H groups in total. The highest BCUT2D eigenvalue weighted by molar-refractivity contribution is 9.10. The molecule has 0 saturated heterocycles. The zero-order chi connectivity index (χ0) is 16.2. The van der Waals surface area contributed by atoms with Crippen molar-refractivity contribution in [2.75, 3.05) is 5.32 Å². The Morgan fingerprint density at radius 2 is 1.90 bits per heavy atom. The number of carboxylic acid groups (broad SMARTS) is 1. The van der Waals surface area contributed by atoms with Gasteiger partial charge in [0.2, 0.25) is 0 Å². The Morgan fingerprint density at radius 3 is 2.48 bits per heavy atom. The summed E-state index contributed by atoms with van der Waals surface area (Å²) >= 11 is 15.2. The van der Waals surface area contributed by atoms with Crippen LogP contribution >= 0.6 is 39.1 Å². The number of amides is 2. The molecule has 1 aromatic carbocycles. The van der Waals surface area contributed by atoms with Crippen molar-refractivity contribution in [3.63, 3.8) is 0 Å². The number of benzene rings is 1. The molecule has 0 atom stereocenters. The van der Waals surface area contributed by atoms with Crippen molar-refractivity contribution in [2.24, 2.45) is 0 Å². The highest BCUT2D eigenvalue weighted by atomic mass is 79.9. The minimum Gasteiger partial charge on any atom is -0.481 e. The summed E-state index contributed by atoms with van der Waals surface area (Å²) in [6.45, 7) is 3.48. The first-order valence-electron chi connectivity index (χ1n) is 6.07. The molecule has 0 spiro atoms. The van der Waals surface area contributed by atoms with Crippen molar-refractivity contribution in [3.05, 3.63) is 26.7 Å². The SMILES string of the molecule is CC(C)(CCC(=O)O)NC(=O)Nc1ccc(Br)c(Cl)c1Cl. The summed E-state index contributed by atoms with van der Waals surface area (Å²) in [5.41, 5.74) is -0.287. The second kappa shape index (κ2) is 7.33. The zero-order valence-electron chi connectivity index (χ0n) is 11.5. The van der Waals surface area contributed by atoms with E-state index in [1.165, 1.54) is 0 Å². The van der Waals surface area contributed by atoms with Crippen LogP contribution in [0, 0.1) is 0 Å². The number of nitrogens with one attached hydrogen (secondary N) is 2. The van der Waals surface area contributed by atoms with E-state index in [2.05, 4.69) is 26.6 Å². The predicted octanol–water partition coefficient (Wildman–Crippen LogP) is 4.52. The molecule has 0 bridgehead atoms. The maximum atomic E-state index is 11.9. The van der Waals surface area contributed by atoms with Gasteiger partial charge >= 0.3 is 12.0 Å². The molecule has 2 amide bonds. The van der Waals surface area contributed by atoms with Gasteiger partial charge in [-0.05, 0) is 48.3 Å². The van der Waals surface area contributed by atoms with Crippen LogP contribution in [-0.2, 0) is 4.79 Å². The molecular weight excluding hydrogens is 383 g/mol. The maximum Gasteiger partial charge on any atom is 0.319 e. The molecule has 1 rings (SSSR count). The lowest BCUT2D eigenvalue weighted by atomic mass is 9.99. The molecule has 0 radical (unpaired) electrons. The van der Waals surface area contributed by atoms with Gasteiger partial charge in [0.05, 0.1) is 15.7 Å². The third-order valence-corrected chi connectivity index (χ3v) is 4.47. The number of urea groups is 1. The minimum atomic E-state index is -0.909. The van der Waals surface area contributed by atoms with E-state index in [4.69, 9.17) is 28.3 Å². The fourth-order valence-electron chi connectivity index (χ4n) is 1.57. The molecule has 0 aliphatic rings. The Bertz CT molecular complexity index is 565. The Morgan fingerprint density at radius 1 is 1.29 bits per heavy atom. The summed E-state index contributed by atoms with van der Waals surface area (Å²) < 4.78 is 0.627. The maximum absolute atomic E-state index is 11.9. The van der Waals surface area contributed by atoms with Crippen LogP contribution in [0.2, 0.25) is 10.0 Å². The lowest BCUT2D eigenvalue weighted by molar-refractivity contribution is -0.137. The summed E-state index contributed by atoms with van der Waals surface area (Å²) in [6, 6.07) is 2.80. The summed E-state index contributed by atoms with van der Waals surface area (Å²) in [6.07, 6.45) is 0.280. The Hall–Kier alpha value is -0.980. The van der Waals surface area contributed by atoms with E-state index < -0.39 is 17.5 Å². The molecule has 21 heavy (non-hydrogen) atoms. The predicted molar refractivity (Wildman–Crippen MR) is 87.3 cm³/mol. The van der Waals surface area contributed by atoms with Crippen molar-refractivity contribution in [3.8, 4) is 0 Å². The van der Waals surface area contributed by atoms with Gasteiger partial charge in [0.15, 0.2) is 0 Å². The summed E-state index contributed by atoms with van der Waals surface area (Å²) in [4.78, 5) is 22.5. The summed E-state index contributed by atoms with van der Waals surface area (Å²) in [7, 11) is 0. The van der Waals surface area contributed by atoms with E-state index >= 15 is 0 Å². The number of carbonyl (C=O) groups excluding carboxylic acids is 1. The number of halogens is 3. The van der Waals surface area contributed by atoms with E-state index in [1.807, 2.05) is 0 Å². The first kappa shape index (κ1) is 18.1. The van der Waals surface area contributed by atoms with Crippen LogP contribution in [0.15, 0.2) is 16.6 Å². The van der Waals surface area contributed by atoms with Gasteiger partial charge < -0.3 is 15.7 Å². The molecule has 116 valence electrons. The summed E-state index contributed by atoms with van der Waals surface area (Å²) in [5.74, 6) is -0.909. The number of hydrogen-bond acceptors (Lipinski definition) is 2. The molecule has 1 aromatic rings. The molecule has 8 heteroatoms. The van der Waals surface area contributed by atoms with Gasteiger partial charge in [-0.25, -0.2) is 4.79 Å². The molecule has 0 aliphatic heterocycles. The van der Waals surface area contributed by atoms with Crippen LogP contribution in [0.1, 0.15) is 26.7 Å². The average molecular weight is 398 g/mol. The standard InChI is InChI=1S/C13H15BrCl2N2O3/c1-13(2,6-5-9(19)20)18-12(21)17-8-4-3-7(14)10(15)11(8)16/h3-4H,5-6H2,1-2H3,(H,19,20)(H2,17,18,21). The number of hydrogen-bond donors (Lipinski definition) is 3. The Balaban J connectivity index is 2.70. The Kier molecular flexibility index (Phi) is 6.31. The molecule has 0 aromatic heterocycles. The van der Waals surface area contributed by atoms with E-state index in [-0.39, 0.29) is 11.4 Å². The van der Waals surface area contributed by atoms with E-state index in [0.717, 1.165) is 0 Å². The van der Waals surface area contributed by atoms with Crippen LogP contribution in [0.5, 0.6) is 0 Å². The zero-order valence-corrected chi connectivity index (χ0v) is 14.6. The quantitative estimate of drug-likeness (QED) is 0.639. The second-order valence-corrected chi connectivity index (χ2v) is 6.69. The third kappa shape index (κ3) is 5.73. The lowest BCUT2D eigenvalue weighted by Gasteiger charge is -2.26. The van der Waals surface area contributed by atoms with Crippen LogP contribution in [-0.4, -0.2) is 22.6 Å². The second-order valence-electron chi connectivity index (χ2n) is 5.08. The number of carbonyl (C=O) groups is 2. The summed E-state index contributed by atoms with van der Waals surface area (Å²) in [5, 5.41) is 14.5. The van der Waals surface area contributed by atoms with Gasteiger partial charge in [-0.15, -0.1) is 0 Å². The van der Waals surface area contributed by atoms with Crippen LogP contribution in [0.25, 0.3) is 0 Å². The molecular formula is C13H15BrCl2N2O3. The molecule has 0 saturated carbocycles. The van der Waals surface area contributed by atoms with Gasteiger partial charge in [0.25, 0.3) is 0 Å². The Labute approximate surface area is 141 Å². The van der Waals surface area contributed by atoms with Gasteiger partial charge in [-0.3, -0.25) is 4.79 Å². The van der Waals surface area contributed by atoms with Crippen molar-refractivity contribution >= 4 is 56.8 Å². The fraction of sp³-hybridized carbons (Fsp3) is 0.385. The molecule has 0 aliphatic carbocycles. The monoisotopic (exact) mass is 396 g/mol. The van der Waals surface area contributed by atoms with Gasteiger partial charge in [0, 0.05) is 16.4 Å². The van der Waals surface area contributed by atoms with E-state index in [9.17, 15) is 9.59 Å². The average Bonchev–Trinajstić information content (AvgIpc) is 2.37. The molecule has 0 unspecified atom stereocenters. The van der Waals surface area contributed by atoms with Crippen LogP contribution in [0.3, 0.4) is 0 Å². The van der Waals surface area contributed by atoms with Crippen molar-refractivity contribution in [2.45, 2.75) is 32.2 Å². The van der Waals surface area contributed by atoms with Crippen molar-refractivity contribution < 1.29 is 14.7 Å². The minimum absolute atomic E-state index is 0.0296. The van der Waals surface area contributed by atoms with Crippen LogP contribution < -0.4 is 10.6 Å². The highest BCUT2D eigenvalue weighted by Gasteiger charge is 2.22. The van der Waals surface area contributed by atoms with Crippen molar-refractivity contribution in [1.29, 1.82) is 0 Å². The number of rotatable bonds is 5. The molecule has 0 fully saturated rings. The van der Waals surface area contributed by atoms with Gasteiger partial charge in [-0.1, -0.05) is 23.2 Å². The number of carboxylic acids is 1. The van der Waals surface area contributed by atoms with Crippen molar-refractivity contribution in [1.82, 2.24) is 5.32 Å². The topological polar surface area (TPSA) is 78.4 Å². The molecule has 0 heterocycles. The molecule has 5 nitrogen and oxygen atoms in total. The normalized spacial score (nSPS) is 11.1. The highest BCUT2D eigenvalue weighted by Crippen LogP contribution is 2.35. The first-order valence-corrected chi connectivity index (χ1v) is 7.62. The van der Waals surface area contributed by atoms with E-state index in [0.29, 0.717) is 21.6 Å². The number of anilines is 1. The third-order valence-electron chi connectivity index (χ3n) is 2.70. The first-order chi connectivity index (χ1) is 9.62.